The lowest BCUT2D eigenvalue weighted by Gasteiger charge is -2.29. The van der Waals surface area contributed by atoms with Crippen LogP contribution in [-0.2, 0) is 6.42 Å². The second kappa shape index (κ2) is 12.2. The van der Waals surface area contributed by atoms with Crippen LogP contribution in [0, 0.1) is 29.1 Å². The van der Waals surface area contributed by atoms with E-state index in [1.165, 1.54) is 95.5 Å². The molecule has 0 aliphatic heterocycles. The van der Waals surface area contributed by atoms with E-state index in [0.717, 1.165) is 17.8 Å². The molecule has 1 aromatic carbocycles. The zero-order chi connectivity index (χ0) is 20.3. The van der Waals surface area contributed by atoms with E-state index in [2.05, 4.69) is 43.3 Å². The lowest BCUT2D eigenvalue weighted by Crippen LogP contribution is -2.14. The molecular formula is C28H41N. The third kappa shape index (κ3) is 7.33. The first-order valence-corrected chi connectivity index (χ1v) is 12.4. The largest absolute Gasteiger partial charge is 0.193 e. The van der Waals surface area contributed by atoms with Crippen LogP contribution in [0.4, 0.5) is 0 Å². The van der Waals surface area contributed by atoms with Gasteiger partial charge in [-0.1, -0.05) is 69.4 Å². The lowest BCUT2D eigenvalue weighted by atomic mass is 9.76. The zero-order valence-corrected chi connectivity index (χ0v) is 18.6. The number of aryl methyl sites for hydroxylation is 1. The molecule has 0 radical (unpaired) electrons. The topological polar surface area (TPSA) is 23.8 Å². The predicted molar refractivity (Wildman–Crippen MR) is 124 cm³/mol. The number of nitriles is 1. The van der Waals surface area contributed by atoms with Crippen molar-refractivity contribution < 1.29 is 0 Å². The summed E-state index contributed by atoms with van der Waals surface area (Å²) in [5, 5.41) is 8.66. The Labute approximate surface area is 179 Å². The number of allylic oxidation sites excluding steroid dienone is 2. The van der Waals surface area contributed by atoms with E-state index in [9.17, 15) is 0 Å². The summed E-state index contributed by atoms with van der Waals surface area (Å²) in [5.41, 5.74) is 3.08. The molecule has 2 aliphatic carbocycles. The Hall–Kier alpha value is -1.55. The van der Waals surface area contributed by atoms with Crippen molar-refractivity contribution >= 4 is 0 Å². The van der Waals surface area contributed by atoms with Gasteiger partial charge in [0.1, 0.15) is 0 Å². The van der Waals surface area contributed by atoms with Crippen molar-refractivity contribution in [1.29, 1.82) is 5.26 Å². The van der Waals surface area contributed by atoms with E-state index in [4.69, 9.17) is 5.26 Å². The second-order valence-corrected chi connectivity index (χ2v) is 9.76. The van der Waals surface area contributed by atoms with Gasteiger partial charge in [-0.15, -0.1) is 0 Å². The molecule has 3 rings (SSSR count). The monoisotopic (exact) mass is 391 g/mol. The van der Waals surface area contributed by atoms with Crippen molar-refractivity contribution in [2.75, 3.05) is 0 Å². The SMILES string of the molecule is CCCc1ccc([C@H]2CC[C@H](CCCC[C@H]3CC[C@H](/C=C/C#N)CC3)CC2)cc1. The molecule has 158 valence electrons. The number of hydrogen-bond donors (Lipinski definition) is 0. The van der Waals surface area contributed by atoms with E-state index in [1.807, 2.05) is 0 Å². The first-order chi connectivity index (χ1) is 14.3. The molecule has 0 spiro atoms. The van der Waals surface area contributed by atoms with Crippen molar-refractivity contribution in [2.24, 2.45) is 17.8 Å². The van der Waals surface area contributed by atoms with Gasteiger partial charge in [-0.25, -0.2) is 0 Å². The van der Waals surface area contributed by atoms with Gasteiger partial charge in [0, 0.05) is 6.08 Å². The Kier molecular flexibility index (Phi) is 9.33. The van der Waals surface area contributed by atoms with Crippen LogP contribution >= 0.6 is 0 Å². The second-order valence-electron chi connectivity index (χ2n) is 9.76. The average Bonchev–Trinajstić information content (AvgIpc) is 2.77. The van der Waals surface area contributed by atoms with E-state index >= 15 is 0 Å². The third-order valence-corrected chi connectivity index (χ3v) is 7.65. The van der Waals surface area contributed by atoms with Gasteiger partial charge < -0.3 is 0 Å². The summed E-state index contributed by atoms with van der Waals surface area (Å²) in [6.07, 6.45) is 23.1. The summed E-state index contributed by atoms with van der Waals surface area (Å²) in [4.78, 5) is 0. The molecule has 2 fully saturated rings. The maximum Gasteiger partial charge on any atom is 0.0908 e. The summed E-state index contributed by atoms with van der Waals surface area (Å²) in [7, 11) is 0. The minimum atomic E-state index is 0.670. The highest BCUT2D eigenvalue weighted by molar-refractivity contribution is 5.25. The van der Waals surface area contributed by atoms with Gasteiger partial charge in [-0.05, 0) is 92.6 Å². The fourth-order valence-electron chi connectivity index (χ4n) is 5.74. The minimum Gasteiger partial charge on any atom is -0.193 e. The molecule has 1 heteroatoms. The molecule has 1 nitrogen and oxygen atoms in total. The zero-order valence-electron chi connectivity index (χ0n) is 18.6. The summed E-state index contributed by atoms with van der Waals surface area (Å²) in [6.45, 7) is 2.26. The molecule has 2 aliphatic rings. The molecule has 0 aromatic heterocycles. The highest BCUT2D eigenvalue weighted by Gasteiger charge is 2.23. The summed E-state index contributed by atoms with van der Waals surface area (Å²) in [6, 6.07) is 11.7. The first-order valence-electron chi connectivity index (χ1n) is 12.4. The molecule has 2 saturated carbocycles. The van der Waals surface area contributed by atoms with Crippen molar-refractivity contribution in [1.82, 2.24) is 0 Å². The molecule has 29 heavy (non-hydrogen) atoms. The van der Waals surface area contributed by atoms with Crippen LogP contribution in [0.25, 0.3) is 0 Å². The van der Waals surface area contributed by atoms with Gasteiger partial charge >= 0.3 is 0 Å². The maximum absolute atomic E-state index is 8.66. The average molecular weight is 392 g/mol. The van der Waals surface area contributed by atoms with Gasteiger partial charge in [0.2, 0.25) is 0 Å². The Morgan fingerprint density at radius 1 is 0.862 bits per heavy atom. The highest BCUT2D eigenvalue weighted by Crippen LogP contribution is 2.38. The van der Waals surface area contributed by atoms with Gasteiger partial charge in [0.25, 0.3) is 0 Å². The van der Waals surface area contributed by atoms with Gasteiger partial charge in [0.05, 0.1) is 6.07 Å². The number of nitrogens with zero attached hydrogens (tertiary/aromatic N) is 1. The van der Waals surface area contributed by atoms with Crippen molar-refractivity contribution in [3.63, 3.8) is 0 Å². The van der Waals surface area contributed by atoms with Crippen LogP contribution < -0.4 is 0 Å². The molecule has 0 N–H and O–H groups in total. The molecule has 0 bridgehead atoms. The molecule has 1 aromatic rings. The van der Waals surface area contributed by atoms with E-state index < -0.39 is 0 Å². The molecule has 0 unspecified atom stereocenters. The standard InChI is InChI=1S/C28H41N/c1-2-6-23-14-18-27(19-15-23)28-20-16-25(17-21-28)8-4-3-7-24-10-12-26(13-11-24)9-5-22-29/h5,9,14-15,18-19,24-26,28H,2-4,6-8,10-13,16-17,20-21H2,1H3/b9-5+/t24-,25-,26-,28-. The Balaban J connectivity index is 1.27. The Morgan fingerprint density at radius 3 is 2.00 bits per heavy atom. The number of unbranched alkanes of at least 4 members (excludes halogenated alkanes) is 1. The van der Waals surface area contributed by atoms with Crippen molar-refractivity contribution in [3.8, 4) is 6.07 Å². The van der Waals surface area contributed by atoms with E-state index in [1.54, 1.807) is 11.6 Å². The van der Waals surface area contributed by atoms with Crippen LogP contribution in [0.15, 0.2) is 36.4 Å². The molecule has 0 amide bonds. The lowest BCUT2D eigenvalue weighted by molar-refractivity contribution is 0.273. The predicted octanol–water partition coefficient (Wildman–Crippen LogP) is 8.36. The minimum absolute atomic E-state index is 0.670. The first kappa shape index (κ1) is 22.1. The van der Waals surface area contributed by atoms with Crippen LogP contribution in [0.2, 0.25) is 0 Å². The molecule has 0 heterocycles. The highest BCUT2D eigenvalue weighted by atomic mass is 14.3. The molecule has 0 saturated heterocycles. The summed E-state index contributed by atoms with van der Waals surface area (Å²) in [5.74, 6) is 3.42. The van der Waals surface area contributed by atoms with Crippen LogP contribution in [-0.4, -0.2) is 0 Å². The molecule has 0 atom stereocenters. The quantitative estimate of drug-likeness (QED) is 0.306. The third-order valence-electron chi connectivity index (χ3n) is 7.65. The van der Waals surface area contributed by atoms with Gasteiger partial charge in [-0.2, -0.15) is 5.26 Å². The van der Waals surface area contributed by atoms with Crippen molar-refractivity contribution in [3.05, 3.63) is 47.5 Å². The molecular weight excluding hydrogens is 350 g/mol. The van der Waals surface area contributed by atoms with Gasteiger partial charge in [-0.3, -0.25) is 0 Å². The normalized spacial score (nSPS) is 27.7. The number of benzene rings is 1. The van der Waals surface area contributed by atoms with Crippen molar-refractivity contribution in [2.45, 2.75) is 103 Å². The van der Waals surface area contributed by atoms with E-state index in [0.29, 0.717) is 5.92 Å². The number of hydrogen-bond acceptors (Lipinski definition) is 1. The summed E-state index contributed by atoms with van der Waals surface area (Å²) < 4.78 is 0. The Bertz CT molecular complexity index is 634. The van der Waals surface area contributed by atoms with Gasteiger partial charge in [0.15, 0.2) is 0 Å². The fourth-order valence-corrected chi connectivity index (χ4v) is 5.74. The van der Waals surface area contributed by atoms with Crippen LogP contribution in [0.1, 0.15) is 107 Å². The maximum atomic E-state index is 8.66. The number of rotatable bonds is 9. The van der Waals surface area contributed by atoms with E-state index in [-0.39, 0.29) is 0 Å². The van der Waals surface area contributed by atoms with Crippen LogP contribution in [0.3, 0.4) is 0 Å². The Morgan fingerprint density at radius 2 is 1.45 bits per heavy atom. The van der Waals surface area contributed by atoms with Crippen LogP contribution in [0.5, 0.6) is 0 Å². The smallest absolute Gasteiger partial charge is 0.0908 e. The fraction of sp³-hybridized carbons (Fsp3) is 0.679. The summed E-state index contributed by atoms with van der Waals surface area (Å²) >= 11 is 0.